The molecule has 0 saturated heterocycles. The van der Waals surface area contributed by atoms with Crippen LogP contribution in [0.3, 0.4) is 0 Å². The van der Waals surface area contributed by atoms with E-state index in [9.17, 15) is 0 Å². The third kappa shape index (κ3) is 7.54. The Hall–Kier alpha value is -2.16. The van der Waals surface area contributed by atoms with Gasteiger partial charge in [-0.25, -0.2) is 4.99 Å². The molecule has 0 fully saturated rings. The standard InChI is InChI=1S/C20H27N3O3.HI/c1-4-5-11-26-17-8-6-7-15(12-17)14-22-20(21)23-16-9-10-18(24-2)19(13-16)25-3;/h6-10,12-13H,4-5,11,14H2,1-3H3,(H3,21,22,23);1H. The molecule has 6 nitrogen and oxygen atoms in total. The number of unbranched alkanes of at least 4 members (excludes halogenated alkanes) is 1. The predicted molar refractivity (Wildman–Crippen MR) is 121 cm³/mol. The number of hydrogen-bond acceptors (Lipinski definition) is 4. The molecule has 0 bridgehead atoms. The summed E-state index contributed by atoms with van der Waals surface area (Å²) < 4.78 is 16.2. The van der Waals surface area contributed by atoms with E-state index in [1.165, 1.54) is 0 Å². The summed E-state index contributed by atoms with van der Waals surface area (Å²) in [6.07, 6.45) is 2.16. The lowest BCUT2D eigenvalue weighted by molar-refractivity contribution is 0.309. The van der Waals surface area contributed by atoms with Crippen LogP contribution < -0.4 is 25.3 Å². The molecule has 7 heteroatoms. The molecule has 0 heterocycles. The first-order chi connectivity index (χ1) is 12.7. The topological polar surface area (TPSA) is 78.1 Å². The highest BCUT2D eigenvalue weighted by molar-refractivity contribution is 14.0. The van der Waals surface area contributed by atoms with Gasteiger partial charge >= 0.3 is 0 Å². The second-order valence-corrected chi connectivity index (χ2v) is 5.75. The van der Waals surface area contributed by atoms with Gasteiger partial charge < -0.3 is 25.3 Å². The predicted octanol–water partition coefficient (Wildman–Crippen LogP) is 4.43. The van der Waals surface area contributed by atoms with Crippen LogP contribution in [0.25, 0.3) is 0 Å². The first-order valence-electron chi connectivity index (χ1n) is 8.67. The van der Waals surface area contributed by atoms with E-state index in [0.717, 1.165) is 36.4 Å². The van der Waals surface area contributed by atoms with Crippen molar-refractivity contribution in [2.24, 2.45) is 10.7 Å². The molecule has 0 unspecified atom stereocenters. The summed E-state index contributed by atoms with van der Waals surface area (Å²) in [5, 5.41) is 3.06. The SMILES string of the molecule is CCCCOc1cccc(CN=C(N)Nc2ccc(OC)c(OC)c2)c1.I. The summed E-state index contributed by atoms with van der Waals surface area (Å²) in [7, 11) is 3.19. The average Bonchev–Trinajstić information content (AvgIpc) is 2.67. The zero-order valence-electron chi connectivity index (χ0n) is 16.0. The number of nitrogens with zero attached hydrogens (tertiary/aromatic N) is 1. The monoisotopic (exact) mass is 485 g/mol. The van der Waals surface area contributed by atoms with E-state index in [1.807, 2.05) is 42.5 Å². The molecule has 148 valence electrons. The first-order valence-corrected chi connectivity index (χ1v) is 8.67. The second kappa shape index (κ2) is 12.3. The van der Waals surface area contributed by atoms with Crippen molar-refractivity contribution in [3.05, 3.63) is 48.0 Å². The minimum atomic E-state index is 0. The smallest absolute Gasteiger partial charge is 0.193 e. The number of nitrogens with one attached hydrogen (secondary N) is 1. The molecule has 3 N–H and O–H groups in total. The van der Waals surface area contributed by atoms with Gasteiger partial charge in [-0.2, -0.15) is 0 Å². The van der Waals surface area contributed by atoms with Gasteiger partial charge in [-0.15, -0.1) is 24.0 Å². The Morgan fingerprint density at radius 3 is 2.56 bits per heavy atom. The molecule has 2 aromatic carbocycles. The van der Waals surface area contributed by atoms with Crippen LogP contribution in [0.2, 0.25) is 0 Å². The molecule has 2 rings (SSSR count). The fourth-order valence-corrected chi connectivity index (χ4v) is 2.35. The number of anilines is 1. The lowest BCUT2D eigenvalue weighted by Gasteiger charge is -2.11. The molecule has 0 amide bonds. The van der Waals surface area contributed by atoms with Crippen LogP contribution in [0.4, 0.5) is 5.69 Å². The van der Waals surface area contributed by atoms with Gasteiger partial charge in [-0.1, -0.05) is 25.5 Å². The van der Waals surface area contributed by atoms with Crippen LogP contribution in [0.5, 0.6) is 17.2 Å². The minimum Gasteiger partial charge on any atom is -0.494 e. The third-order valence-electron chi connectivity index (χ3n) is 3.75. The Labute approximate surface area is 178 Å². The summed E-state index contributed by atoms with van der Waals surface area (Å²) in [6, 6.07) is 13.4. The normalized spacial score (nSPS) is 10.7. The minimum absolute atomic E-state index is 0. The number of guanidine groups is 1. The van der Waals surface area contributed by atoms with Crippen molar-refractivity contribution in [3.8, 4) is 17.2 Å². The first kappa shape index (κ1) is 22.9. The van der Waals surface area contributed by atoms with Gasteiger partial charge in [0.2, 0.25) is 0 Å². The summed E-state index contributed by atoms with van der Waals surface area (Å²) in [5.41, 5.74) is 7.80. The number of halogens is 1. The van der Waals surface area contributed by atoms with E-state index in [-0.39, 0.29) is 24.0 Å². The van der Waals surface area contributed by atoms with Gasteiger partial charge in [0, 0.05) is 11.8 Å². The van der Waals surface area contributed by atoms with E-state index in [0.29, 0.717) is 24.0 Å². The molecule has 0 spiro atoms. The highest BCUT2D eigenvalue weighted by Gasteiger charge is 2.05. The molecule has 0 atom stereocenters. The van der Waals surface area contributed by atoms with E-state index in [2.05, 4.69) is 17.2 Å². The molecule has 0 aliphatic rings. The molecule has 0 aliphatic carbocycles. The molecule has 0 radical (unpaired) electrons. The summed E-state index contributed by atoms with van der Waals surface area (Å²) in [6.45, 7) is 3.34. The molecule has 0 saturated carbocycles. The third-order valence-corrected chi connectivity index (χ3v) is 3.75. The van der Waals surface area contributed by atoms with Gasteiger partial charge in [0.15, 0.2) is 17.5 Å². The van der Waals surface area contributed by atoms with Crippen molar-refractivity contribution in [2.75, 3.05) is 26.1 Å². The summed E-state index contributed by atoms with van der Waals surface area (Å²) in [5.74, 6) is 2.47. The van der Waals surface area contributed by atoms with Crippen LogP contribution in [0.15, 0.2) is 47.5 Å². The molecule has 0 aromatic heterocycles. The van der Waals surface area contributed by atoms with Gasteiger partial charge in [-0.3, -0.25) is 0 Å². The van der Waals surface area contributed by atoms with E-state index in [4.69, 9.17) is 19.9 Å². The zero-order chi connectivity index (χ0) is 18.8. The average molecular weight is 485 g/mol. The van der Waals surface area contributed by atoms with E-state index in [1.54, 1.807) is 14.2 Å². The van der Waals surface area contributed by atoms with Crippen LogP contribution in [-0.4, -0.2) is 26.8 Å². The maximum atomic E-state index is 5.99. The molecule has 27 heavy (non-hydrogen) atoms. The highest BCUT2D eigenvalue weighted by Crippen LogP contribution is 2.29. The summed E-state index contributed by atoms with van der Waals surface area (Å²) in [4.78, 5) is 4.38. The van der Waals surface area contributed by atoms with Crippen LogP contribution in [-0.2, 0) is 6.54 Å². The summed E-state index contributed by atoms with van der Waals surface area (Å²) >= 11 is 0. The number of rotatable bonds is 9. The zero-order valence-corrected chi connectivity index (χ0v) is 18.4. The number of aliphatic imine (C=N–C) groups is 1. The number of nitrogens with two attached hydrogens (primary N) is 1. The van der Waals surface area contributed by atoms with Gasteiger partial charge in [0.05, 0.1) is 27.4 Å². The van der Waals surface area contributed by atoms with Gasteiger partial charge in [0.1, 0.15) is 5.75 Å². The fourth-order valence-electron chi connectivity index (χ4n) is 2.35. The second-order valence-electron chi connectivity index (χ2n) is 5.75. The van der Waals surface area contributed by atoms with Gasteiger partial charge in [0.25, 0.3) is 0 Å². The molecular weight excluding hydrogens is 457 g/mol. The van der Waals surface area contributed by atoms with Crippen LogP contribution in [0.1, 0.15) is 25.3 Å². The van der Waals surface area contributed by atoms with Crippen molar-refractivity contribution in [2.45, 2.75) is 26.3 Å². The van der Waals surface area contributed by atoms with Crippen LogP contribution in [0, 0.1) is 0 Å². The number of hydrogen-bond donors (Lipinski definition) is 2. The molecule has 0 aliphatic heterocycles. The maximum Gasteiger partial charge on any atom is 0.193 e. The van der Waals surface area contributed by atoms with Crippen molar-refractivity contribution >= 4 is 35.6 Å². The molecule has 2 aromatic rings. The quantitative estimate of drug-likeness (QED) is 0.238. The van der Waals surface area contributed by atoms with Crippen molar-refractivity contribution in [1.29, 1.82) is 0 Å². The molecular formula is C20H28IN3O3. The number of methoxy groups -OCH3 is 2. The highest BCUT2D eigenvalue weighted by atomic mass is 127. The van der Waals surface area contributed by atoms with E-state index >= 15 is 0 Å². The fraction of sp³-hybridized carbons (Fsp3) is 0.350. The Bertz CT molecular complexity index is 738. The van der Waals surface area contributed by atoms with Crippen LogP contribution >= 0.6 is 24.0 Å². The Morgan fingerprint density at radius 2 is 1.85 bits per heavy atom. The maximum absolute atomic E-state index is 5.99. The van der Waals surface area contributed by atoms with Gasteiger partial charge in [-0.05, 0) is 36.2 Å². The lowest BCUT2D eigenvalue weighted by atomic mass is 10.2. The Morgan fingerprint density at radius 1 is 1.07 bits per heavy atom. The van der Waals surface area contributed by atoms with Crippen molar-refractivity contribution in [3.63, 3.8) is 0 Å². The lowest BCUT2D eigenvalue weighted by Crippen LogP contribution is -2.22. The largest absolute Gasteiger partial charge is 0.494 e. The van der Waals surface area contributed by atoms with Crippen molar-refractivity contribution < 1.29 is 14.2 Å². The van der Waals surface area contributed by atoms with Crippen molar-refractivity contribution in [1.82, 2.24) is 0 Å². The Balaban J connectivity index is 0.00000364. The number of ether oxygens (including phenoxy) is 3. The van der Waals surface area contributed by atoms with E-state index < -0.39 is 0 Å². The Kier molecular flexibility index (Phi) is 10.4. The number of benzene rings is 2.